The van der Waals surface area contributed by atoms with Crippen LogP contribution in [-0.4, -0.2) is 23.6 Å². The van der Waals surface area contributed by atoms with Gasteiger partial charge in [-0.15, -0.1) is 0 Å². The van der Waals surface area contributed by atoms with Gasteiger partial charge in [0.1, 0.15) is 0 Å². The maximum Gasteiger partial charge on any atom is 0.394 e. The van der Waals surface area contributed by atoms with Crippen molar-refractivity contribution < 1.29 is 17.5 Å². The van der Waals surface area contributed by atoms with Crippen molar-refractivity contribution in [2.45, 2.75) is 97.9 Å². The molecule has 0 fully saturated rings. The molecule has 0 aliphatic rings. The van der Waals surface area contributed by atoms with Crippen LogP contribution in [0, 0.1) is 5.41 Å². The zero-order valence-corrected chi connectivity index (χ0v) is 15.7. The first-order valence-electron chi connectivity index (χ1n) is 8.58. The van der Waals surface area contributed by atoms with Gasteiger partial charge in [-0.25, -0.2) is 0 Å². The molecule has 0 heterocycles. The van der Waals surface area contributed by atoms with Gasteiger partial charge in [0.15, 0.2) is 0 Å². The predicted octanol–water partition coefficient (Wildman–Crippen LogP) is 4.63. The summed E-state index contributed by atoms with van der Waals surface area (Å²) in [5.41, 5.74) is 6.77. The maximum atomic E-state index is 8.74. The fourth-order valence-corrected chi connectivity index (χ4v) is 2.84. The molecule has 0 bridgehead atoms. The molecule has 4 N–H and O–H groups in total. The molecule has 0 aromatic heterocycles. The van der Waals surface area contributed by atoms with E-state index in [1.54, 1.807) is 0 Å². The van der Waals surface area contributed by atoms with E-state index < -0.39 is 10.4 Å². The third-order valence-electron chi connectivity index (χ3n) is 4.30. The molecule has 22 heavy (non-hydrogen) atoms. The van der Waals surface area contributed by atoms with Crippen LogP contribution in [0.15, 0.2) is 0 Å². The van der Waals surface area contributed by atoms with Gasteiger partial charge in [0.2, 0.25) is 0 Å². The van der Waals surface area contributed by atoms with Gasteiger partial charge in [-0.1, -0.05) is 65.7 Å². The lowest BCUT2D eigenvalue weighted by molar-refractivity contribution is 0.161. The van der Waals surface area contributed by atoms with E-state index in [0.717, 1.165) is 0 Å². The monoisotopic (exact) mass is 339 g/mol. The second-order valence-corrected chi connectivity index (χ2v) is 7.16. The fourth-order valence-electron chi connectivity index (χ4n) is 2.84. The van der Waals surface area contributed by atoms with Gasteiger partial charge in [-0.05, 0) is 31.6 Å². The topological polar surface area (TPSA) is 101 Å². The number of rotatable bonds is 11. The van der Waals surface area contributed by atoms with Crippen LogP contribution in [0.5, 0.6) is 0 Å². The lowest BCUT2D eigenvalue weighted by Crippen LogP contribution is -2.39. The van der Waals surface area contributed by atoms with Crippen LogP contribution in [0.1, 0.15) is 91.9 Å². The molecule has 0 radical (unpaired) electrons. The Kier molecular flexibility index (Phi) is 14.5. The summed E-state index contributed by atoms with van der Waals surface area (Å²) in [4.78, 5) is 0. The molecule has 0 spiro atoms. The van der Waals surface area contributed by atoms with Crippen molar-refractivity contribution in [3.05, 3.63) is 0 Å². The zero-order chi connectivity index (χ0) is 17.6. The Bertz CT molecular complexity index is 326. The lowest BCUT2D eigenvalue weighted by Gasteiger charge is -2.38. The summed E-state index contributed by atoms with van der Waals surface area (Å²) < 4.78 is 31.6. The van der Waals surface area contributed by atoms with Gasteiger partial charge >= 0.3 is 10.4 Å². The SMILES string of the molecule is CCCCCC(CCCC)(CCCC)C(C)N.O=S(=O)(O)O. The Balaban J connectivity index is 0. The molecule has 6 heteroatoms. The average Bonchev–Trinajstić information content (AvgIpc) is 2.39. The van der Waals surface area contributed by atoms with Crippen LogP contribution in [0.25, 0.3) is 0 Å². The summed E-state index contributed by atoms with van der Waals surface area (Å²) in [6.45, 7) is 9.10. The minimum absolute atomic E-state index is 0.359. The van der Waals surface area contributed by atoms with Gasteiger partial charge in [0, 0.05) is 6.04 Å². The Morgan fingerprint density at radius 2 is 1.18 bits per heavy atom. The van der Waals surface area contributed by atoms with Crippen molar-refractivity contribution in [3.8, 4) is 0 Å². The van der Waals surface area contributed by atoms with Gasteiger partial charge in [-0.2, -0.15) is 8.42 Å². The first-order valence-corrected chi connectivity index (χ1v) is 9.98. The number of unbranched alkanes of at least 4 members (excludes halogenated alkanes) is 4. The van der Waals surface area contributed by atoms with E-state index in [1.807, 2.05) is 0 Å². The summed E-state index contributed by atoms with van der Waals surface area (Å²) in [6, 6.07) is 0.359. The average molecular weight is 340 g/mol. The summed E-state index contributed by atoms with van der Waals surface area (Å²) >= 11 is 0. The zero-order valence-electron chi connectivity index (χ0n) is 14.8. The van der Waals surface area contributed by atoms with Crippen molar-refractivity contribution in [1.29, 1.82) is 0 Å². The molecule has 0 aromatic rings. The first kappa shape index (κ1) is 24.1. The predicted molar refractivity (Wildman–Crippen MR) is 93.5 cm³/mol. The minimum atomic E-state index is -4.67. The van der Waals surface area contributed by atoms with Crippen LogP contribution in [0.4, 0.5) is 0 Å². The van der Waals surface area contributed by atoms with Crippen molar-refractivity contribution in [2.24, 2.45) is 11.1 Å². The standard InChI is InChI=1S/C16H35N.H2O4S/c1-5-8-11-14-16(15(4)17,12-9-6-2)13-10-7-3;1-5(2,3)4/h15H,5-14,17H2,1-4H3;(H2,1,2,3,4). The van der Waals surface area contributed by atoms with Crippen molar-refractivity contribution in [3.63, 3.8) is 0 Å². The van der Waals surface area contributed by atoms with Crippen LogP contribution in [0.2, 0.25) is 0 Å². The number of nitrogens with two attached hydrogens (primary N) is 1. The highest BCUT2D eigenvalue weighted by Crippen LogP contribution is 2.39. The van der Waals surface area contributed by atoms with Crippen LogP contribution in [0.3, 0.4) is 0 Å². The van der Waals surface area contributed by atoms with E-state index in [1.165, 1.54) is 64.2 Å². The van der Waals surface area contributed by atoms with Crippen LogP contribution < -0.4 is 5.73 Å². The number of hydrogen-bond donors (Lipinski definition) is 3. The van der Waals surface area contributed by atoms with E-state index in [4.69, 9.17) is 23.3 Å². The molecule has 0 saturated carbocycles. The normalized spacial score (nSPS) is 13.4. The Morgan fingerprint density at radius 1 is 0.864 bits per heavy atom. The highest BCUT2D eigenvalue weighted by atomic mass is 32.3. The Morgan fingerprint density at radius 3 is 1.45 bits per heavy atom. The Labute approximate surface area is 137 Å². The highest BCUT2D eigenvalue weighted by molar-refractivity contribution is 7.79. The summed E-state index contributed by atoms with van der Waals surface area (Å²) in [5.74, 6) is 0. The smallest absolute Gasteiger partial charge is 0.327 e. The molecule has 0 aliphatic carbocycles. The van der Waals surface area contributed by atoms with Crippen LogP contribution >= 0.6 is 0 Å². The van der Waals surface area contributed by atoms with Crippen LogP contribution in [-0.2, 0) is 10.4 Å². The second kappa shape index (κ2) is 13.3. The van der Waals surface area contributed by atoms with E-state index >= 15 is 0 Å². The lowest BCUT2D eigenvalue weighted by atomic mass is 9.70. The molecule has 0 aliphatic heterocycles. The molecule has 136 valence electrons. The maximum absolute atomic E-state index is 8.74. The molecular formula is C16H37NO4S. The summed E-state index contributed by atoms with van der Waals surface area (Å²) in [6.07, 6.45) is 13.4. The quantitative estimate of drug-likeness (QED) is 0.376. The van der Waals surface area contributed by atoms with Crippen molar-refractivity contribution in [1.82, 2.24) is 0 Å². The van der Waals surface area contributed by atoms with Gasteiger partial charge < -0.3 is 5.73 Å². The molecule has 0 amide bonds. The molecule has 0 aromatic carbocycles. The number of hydrogen-bond acceptors (Lipinski definition) is 3. The summed E-state index contributed by atoms with van der Waals surface area (Å²) in [5, 5.41) is 0. The minimum Gasteiger partial charge on any atom is -0.327 e. The molecule has 0 rings (SSSR count). The first-order chi connectivity index (χ1) is 10.1. The third kappa shape index (κ3) is 14.8. The largest absolute Gasteiger partial charge is 0.394 e. The van der Waals surface area contributed by atoms with E-state index in [0.29, 0.717) is 11.5 Å². The molecule has 0 saturated heterocycles. The van der Waals surface area contributed by atoms with Gasteiger partial charge in [0.25, 0.3) is 0 Å². The highest BCUT2D eigenvalue weighted by Gasteiger charge is 2.32. The van der Waals surface area contributed by atoms with E-state index in [9.17, 15) is 0 Å². The Hall–Kier alpha value is -0.170. The van der Waals surface area contributed by atoms with E-state index in [-0.39, 0.29) is 0 Å². The van der Waals surface area contributed by atoms with Crippen molar-refractivity contribution in [2.75, 3.05) is 0 Å². The molecule has 1 atom stereocenters. The van der Waals surface area contributed by atoms with Crippen molar-refractivity contribution >= 4 is 10.4 Å². The second-order valence-electron chi connectivity index (χ2n) is 6.26. The van der Waals surface area contributed by atoms with Gasteiger partial charge in [-0.3, -0.25) is 9.11 Å². The van der Waals surface area contributed by atoms with Gasteiger partial charge in [0.05, 0.1) is 0 Å². The van der Waals surface area contributed by atoms with E-state index in [2.05, 4.69) is 27.7 Å². The molecule has 5 nitrogen and oxygen atoms in total. The molecule has 1 unspecified atom stereocenters. The summed E-state index contributed by atoms with van der Waals surface area (Å²) in [7, 11) is -4.67. The third-order valence-corrected chi connectivity index (χ3v) is 4.30. The fraction of sp³-hybridized carbons (Fsp3) is 1.00. The molecular weight excluding hydrogens is 302 g/mol.